The zero-order valence-corrected chi connectivity index (χ0v) is 5.31. The van der Waals surface area contributed by atoms with Gasteiger partial charge in [0.05, 0.1) is 0 Å². The summed E-state index contributed by atoms with van der Waals surface area (Å²) in [4.78, 5) is 0. The molecular weight excluding hydrogens is 96.1 g/mol. The third-order valence-corrected chi connectivity index (χ3v) is 0.622. The Morgan fingerprint density at radius 3 is 2.50 bits per heavy atom. The van der Waals surface area contributed by atoms with E-state index in [0.29, 0.717) is 0 Å². The maximum Gasteiger partial charge on any atom is -0.0122 e. The molecule has 0 saturated carbocycles. The fourth-order valence-electron chi connectivity index (χ4n) is 0.296. The summed E-state index contributed by atoms with van der Waals surface area (Å²) in [7, 11) is 0. The van der Waals surface area contributed by atoms with Gasteiger partial charge in [0.2, 0.25) is 0 Å². The predicted molar refractivity (Wildman–Crippen MR) is 37.4 cm³/mol. The van der Waals surface area contributed by atoms with Gasteiger partial charge in [0.15, 0.2) is 0 Å². The highest BCUT2D eigenvalue weighted by atomic mass is 13.7. The molecule has 0 aromatic rings. The maximum atomic E-state index is 4.95. The average molecular weight is 106 g/mol. The quantitative estimate of drug-likeness (QED) is 0.355. The summed E-state index contributed by atoms with van der Waals surface area (Å²) in [5.41, 5.74) is 1.26. The van der Waals surface area contributed by atoms with E-state index < -0.39 is 0 Å². The van der Waals surface area contributed by atoms with E-state index in [1.165, 1.54) is 5.57 Å². The highest BCUT2D eigenvalue weighted by Crippen LogP contribution is 1.87. The minimum atomic E-state index is 1.26. The van der Waals surface area contributed by atoms with Gasteiger partial charge in [0.25, 0.3) is 0 Å². The first kappa shape index (κ1) is 7.04. The fourth-order valence-corrected chi connectivity index (χ4v) is 0.296. The lowest BCUT2D eigenvalue weighted by molar-refractivity contribution is 1.39. The van der Waals surface area contributed by atoms with Crippen molar-refractivity contribution in [3.63, 3.8) is 0 Å². The number of hydrogen-bond donors (Lipinski definition) is 0. The minimum absolute atomic E-state index is 1.26. The van der Waals surface area contributed by atoms with Crippen LogP contribution in [0.15, 0.2) is 23.8 Å². The van der Waals surface area contributed by atoms with Crippen LogP contribution >= 0.6 is 0 Å². The Balaban J connectivity index is 3.63. The summed E-state index contributed by atoms with van der Waals surface area (Å²) in [6.07, 6.45) is 10.5. The molecule has 0 spiro atoms. The fraction of sp³-hybridized carbons (Fsp3) is 0.250. The zero-order valence-electron chi connectivity index (χ0n) is 5.31. The Kier molecular flexibility index (Phi) is 3.70. The lowest BCUT2D eigenvalue weighted by Crippen LogP contribution is -1.57. The topological polar surface area (TPSA) is 0 Å². The van der Waals surface area contributed by atoms with E-state index >= 15 is 0 Å². The third-order valence-electron chi connectivity index (χ3n) is 0.622. The third kappa shape index (κ3) is 5.04. The van der Waals surface area contributed by atoms with Crippen molar-refractivity contribution in [3.05, 3.63) is 23.8 Å². The van der Waals surface area contributed by atoms with Crippen LogP contribution in [-0.4, -0.2) is 0 Å². The smallest absolute Gasteiger partial charge is 0.0122 e. The molecule has 0 amide bonds. The molecule has 0 aliphatic carbocycles. The van der Waals surface area contributed by atoms with Gasteiger partial charge in [-0.2, -0.15) is 0 Å². The van der Waals surface area contributed by atoms with Gasteiger partial charge in [-0.3, -0.25) is 0 Å². The van der Waals surface area contributed by atoms with Crippen molar-refractivity contribution in [3.8, 4) is 12.3 Å². The molecule has 0 N–H and O–H groups in total. The van der Waals surface area contributed by atoms with Crippen LogP contribution in [0.2, 0.25) is 0 Å². The van der Waals surface area contributed by atoms with Gasteiger partial charge in [-0.15, -0.1) is 6.42 Å². The van der Waals surface area contributed by atoms with Crippen LogP contribution < -0.4 is 0 Å². The van der Waals surface area contributed by atoms with Crippen molar-refractivity contribution < 1.29 is 0 Å². The summed E-state index contributed by atoms with van der Waals surface area (Å²) in [6, 6.07) is 0. The number of rotatable bonds is 1. The van der Waals surface area contributed by atoms with Crippen LogP contribution in [-0.2, 0) is 0 Å². The molecule has 0 aromatic heterocycles. The molecule has 8 heavy (non-hydrogen) atoms. The van der Waals surface area contributed by atoms with Gasteiger partial charge in [0.1, 0.15) is 0 Å². The summed E-state index contributed by atoms with van der Waals surface area (Å²) in [6.45, 7) is 4.06. The molecule has 0 bridgehead atoms. The van der Waals surface area contributed by atoms with Crippen molar-refractivity contribution in [1.29, 1.82) is 0 Å². The monoisotopic (exact) mass is 106 g/mol. The molecular formula is C8H10. The number of hydrogen-bond acceptors (Lipinski definition) is 0. The van der Waals surface area contributed by atoms with Crippen LogP contribution in [0.25, 0.3) is 0 Å². The van der Waals surface area contributed by atoms with Gasteiger partial charge in [0, 0.05) is 0 Å². The van der Waals surface area contributed by atoms with E-state index in [4.69, 9.17) is 6.42 Å². The first-order chi connectivity index (χ1) is 3.77. The van der Waals surface area contributed by atoms with Gasteiger partial charge < -0.3 is 0 Å². The van der Waals surface area contributed by atoms with E-state index in [2.05, 4.69) is 5.92 Å². The molecule has 0 aliphatic rings. The molecule has 0 aliphatic heterocycles. The molecule has 0 saturated heterocycles. The van der Waals surface area contributed by atoms with Crippen LogP contribution in [0.1, 0.15) is 13.8 Å². The second kappa shape index (κ2) is 4.21. The van der Waals surface area contributed by atoms with Crippen molar-refractivity contribution in [2.45, 2.75) is 13.8 Å². The van der Waals surface area contributed by atoms with E-state index in [0.717, 1.165) is 0 Å². The van der Waals surface area contributed by atoms with Crippen LogP contribution in [0.5, 0.6) is 0 Å². The van der Waals surface area contributed by atoms with Gasteiger partial charge in [-0.05, 0) is 19.9 Å². The Morgan fingerprint density at radius 1 is 1.50 bits per heavy atom. The van der Waals surface area contributed by atoms with Gasteiger partial charge in [-0.25, -0.2) is 0 Å². The van der Waals surface area contributed by atoms with E-state index in [1.54, 1.807) is 6.08 Å². The van der Waals surface area contributed by atoms with Crippen LogP contribution in [0, 0.1) is 12.3 Å². The summed E-state index contributed by atoms with van der Waals surface area (Å²) >= 11 is 0. The largest absolute Gasteiger partial charge is 0.115 e. The molecule has 0 fully saturated rings. The second-order valence-electron chi connectivity index (χ2n) is 1.77. The van der Waals surface area contributed by atoms with E-state index in [-0.39, 0.29) is 0 Å². The van der Waals surface area contributed by atoms with Crippen molar-refractivity contribution in [1.82, 2.24) is 0 Å². The normalized spacial score (nSPS) is 8.62. The molecule has 0 heterocycles. The molecule has 42 valence electrons. The number of terminal acetylenes is 1. The SMILES string of the molecule is C#CC=CC=C(C)C. The predicted octanol–water partition coefficient (Wildman–Crippen LogP) is 2.14. The highest BCUT2D eigenvalue weighted by molar-refractivity contribution is 5.17. The Morgan fingerprint density at radius 2 is 2.12 bits per heavy atom. The molecule has 0 radical (unpaired) electrons. The zero-order chi connectivity index (χ0) is 6.41. The molecule has 0 atom stereocenters. The Hall–Kier alpha value is -0.960. The maximum absolute atomic E-state index is 4.95. The summed E-state index contributed by atoms with van der Waals surface area (Å²) in [5, 5.41) is 0. The lowest BCUT2D eigenvalue weighted by Gasteiger charge is -1.77. The standard InChI is InChI=1S/C8H10/c1-4-5-6-7-8(2)3/h1,5-7H,2-3H3. The highest BCUT2D eigenvalue weighted by Gasteiger charge is 1.66. The molecule has 0 unspecified atom stereocenters. The Bertz CT molecular complexity index is 138. The van der Waals surface area contributed by atoms with E-state index in [9.17, 15) is 0 Å². The summed E-state index contributed by atoms with van der Waals surface area (Å²) in [5.74, 6) is 2.40. The minimum Gasteiger partial charge on any atom is -0.115 e. The first-order valence-electron chi connectivity index (χ1n) is 2.53. The summed E-state index contributed by atoms with van der Waals surface area (Å²) < 4.78 is 0. The second-order valence-corrected chi connectivity index (χ2v) is 1.77. The average Bonchev–Trinajstić information content (AvgIpc) is 1.66. The number of allylic oxidation sites excluding steroid dienone is 4. The first-order valence-corrected chi connectivity index (χ1v) is 2.53. The van der Waals surface area contributed by atoms with E-state index in [1.807, 2.05) is 26.0 Å². The van der Waals surface area contributed by atoms with Crippen LogP contribution in [0.4, 0.5) is 0 Å². The van der Waals surface area contributed by atoms with Crippen molar-refractivity contribution in [2.75, 3.05) is 0 Å². The Labute approximate surface area is 50.9 Å². The van der Waals surface area contributed by atoms with Gasteiger partial charge in [-0.1, -0.05) is 23.6 Å². The lowest BCUT2D eigenvalue weighted by atomic mass is 10.3. The molecule has 0 aromatic carbocycles. The van der Waals surface area contributed by atoms with Crippen molar-refractivity contribution in [2.24, 2.45) is 0 Å². The van der Waals surface area contributed by atoms with Gasteiger partial charge >= 0.3 is 0 Å². The molecule has 0 nitrogen and oxygen atoms in total. The molecule has 0 rings (SSSR count). The molecule has 0 heteroatoms. The van der Waals surface area contributed by atoms with Crippen molar-refractivity contribution >= 4 is 0 Å². The van der Waals surface area contributed by atoms with Crippen LogP contribution in [0.3, 0.4) is 0 Å².